The van der Waals surface area contributed by atoms with Crippen LogP contribution in [-0.4, -0.2) is 20.4 Å². The van der Waals surface area contributed by atoms with Crippen molar-refractivity contribution in [3.8, 4) is 0 Å². The summed E-state index contributed by atoms with van der Waals surface area (Å²) in [5.41, 5.74) is 4.38. The molecule has 0 radical (unpaired) electrons. The molecule has 0 saturated heterocycles. The third-order valence-corrected chi connectivity index (χ3v) is 4.09. The molecule has 2 aromatic carbocycles. The van der Waals surface area contributed by atoms with Crippen LogP contribution in [0.2, 0.25) is 0 Å². The summed E-state index contributed by atoms with van der Waals surface area (Å²) in [6.45, 7) is 0.348. The Morgan fingerprint density at radius 2 is 1.67 bits per heavy atom. The first-order chi connectivity index (χ1) is 11.7. The largest absolute Gasteiger partial charge is 0.378 e. The highest BCUT2D eigenvalue weighted by atomic mass is 16.1. The van der Waals surface area contributed by atoms with E-state index in [0.29, 0.717) is 6.54 Å². The number of hydrogen-bond acceptors (Lipinski definition) is 2. The molecule has 0 unspecified atom stereocenters. The zero-order valence-electron chi connectivity index (χ0n) is 14.0. The molecule has 0 fully saturated rings. The van der Waals surface area contributed by atoms with E-state index in [4.69, 9.17) is 0 Å². The highest BCUT2D eigenvalue weighted by molar-refractivity contribution is 5.77. The Hall–Kier alpha value is -2.94. The van der Waals surface area contributed by atoms with E-state index >= 15 is 0 Å². The number of nitrogens with zero attached hydrogens (tertiary/aromatic N) is 2. The molecule has 0 aliphatic carbocycles. The van der Waals surface area contributed by atoms with Crippen LogP contribution in [-0.2, 0) is 11.3 Å². The summed E-state index contributed by atoms with van der Waals surface area (Å²) in [6, 6.07) is 20.6. The molecule has 3 nitrogen and oxygen atoms in total. The molecule has 1 aromatic heterocycles. The summed E-state index contributed by atoms with van der Waals surface area (Å²) in [5.74, 6) is 0. The van der Waals surface area contributed by atoms with Crippen molar-refractivity contribution in [2.45, 2.75) is 6.54 Å². The molecular weight excluding hydrogens is 296 g/mol. The van der Waals surface area contributed by atoms with Gasteiger partial charge < -0.3 is 4.90 Å². The van der Waals surface area contributed by atoms with Gasteiger partial charge in [0, 0.05) is 43.4 Å². The highest BCUT2D eigenvalue weighted by Crippen LogP contribution is 2.15. The maximum atomic E-state index is 11.1. The van der Waals surface area contributed by atoms with E-state index in [9.17, 15) is 4.79 Å². The predicted molar refractivity (Wildman–Crippen MR) is 99.9 cm³/mol. The van der Waals surface area contributed by atoms with E-state index in [2.05, 4.69) is 59.5 Å². The monoisotopic (exact) mass is 317 g/mol. The van der Waals surface area contributed by atoms with Gasteiger partial charge in [0.1, 0.15) is 0 Å². The molecule has 24 heavy (non-hydrogen) atoms. The first-order valence-corrected chi connectivity index (χ1v) is 8.00. The lowest BCUT2D eigenvalue weighted by molar-refractivity contribution is -0.658. The van der Waals surface area contributed by atoms with E-state index in [1.807, 2.05) is 36.9 Å². The van der Waals surface area contributed by atoms with Crippen molar-refractivity contribution in [3.05, 3.63) is 71.9 Å². The van der Waals surface area contributed by atoms with Gasteiger partial charge >= 0.3 is 0 Å². The zero-order chi connectivity index (χ0) is 16.9. The van der Waals surface area contributed by atoms with Crippen LogP contribution >= 0.6 is 0 Å². The highest BCUT2D eigenvalue weighted by Gasteiger charge is 2.12. The average molecular weight is 317 g/mol. The maximum Gasteiger partial charge on any atom is 0.213 e. The summed E-state index contributed by atoms with van der Waals surface area (Å²) >= 11 is 0. The Labute approximate surface area is 142 Å². The van der Waals surface area contributed by atoms with Gasteiger partial charge in [0.25, 0.3) is 0 Å². The van der Waals surface area contributed by atoms with Crippen molar-refractivity contribution in [2.24, 2.45) is 0 Å². The molecule has 0 aliphatic rings. The average Bonchev–Trinajstić information content (AvgIpc) is 2.61. The molecule has 0 N–H and O–H groups in total. The lowest BCUT2D eigenvalue weighted by atomic mass is 10.1. The van der Waals surface area contributed by atoms with Crippen LogP contribution in [0.15, 0.2) is 60.7 Å². The maximum absolute atomic E-state index is 11.1. The summed E-state index contributed by atoms with van der Waals surface area (Å²) in [7, 11) is 4.06. The van der Waals surface area contributed by atoms with Crippen LogP contribution < -0.4 is 9.47 Å². The smallest absolute Gasteiger partial charge is 0.213 e. The van der Waals surface area contributed by atoms with Crippen molar-refractivity contribution < 1.29 is 9.36 Å². The van der Waals surface area contributed by atoms with Crippen LogP contribution in [0.4, 0.5) is 5.69 Å². The minimum absolute atomic E-state index is 0.348. The lowest BCUT2D eigenvalue weighted by Gasteiger charge is -2.11. The van der Waals surface area contributed by atoms with Gasteiger partial charge in [-0.15, -0.1) is 0 Å². The molecule has 0 bridgehead atoms. The minimum atomic E-state index is 0.348. The Kier molecular flexibility index (Phi) is 4.71. The van der Waals surface area contributed by atoms with Crippen molar-refractivity contribution in [1.29, 1.82) is 0 Å². The molecule has 120 valence electrons. The second-order valence-electron chi connectivity index (χ2n) is 5.91. The molecule has 0 saturated carbocycles. The number of carbonyl (C=O) groups excluding carboxylic acids is 1. The number of rotatable bonds is 5. The fourth-order valence-electron chi connectivity index (χ4n) is 2.77. The van der Waals surface area contributed by atoms with Crippen LogP contribution in [0, 0.1) is 0 Å². The van der Waals surface area contributed by atoms with Gasteiger partial charge in [0.2, 0.25) is 17.8 Å². The van der Waals surface area contributed by atoms with Crippen molar-refractivity contribution in [1.82, 2.24) is 0 Å². The Bertz CT molecular complexity index is 880. The number of fused-ring (bicyclic) bond motifs is 1. The van der Waals surface area contributed by atoms with E-state index in [1.54, 1.807) is 0 Å². The van der Waals surface area contributed by atoms with Crippen LogP contribution in [0.3, 0.4) is 0 Å². The Morgan fingerprint density at radius 3 is 2.38 bits per heavy atom. The summed E-state index contributed by atoms with van der Waals surface area (Å²) in [6.07, 6.45) is 5.07. The van der Waals surface area contributed by atoms with Gasteiger partial charge in [-0.1, -0.05) is 24.3 Å². The molecule has 3 rings (SSSR count). The number of para-hydroxylation sites is 1. The number of anilines is 1. The van der Waals surface area contributed by atoms with Gasteiger partial charge in [0.05, 0.1) is 0 Å². The zero-order valence-corrected chi connectivity index (χ0v) is 14.0. The summed E-state index contributed by atoms with van der Waals surface area (Å²) < 4.78 is 2.03. The number of carbonyl (C=O) groups is 1. The minimum Gasteiger partial charge on any atom is -0.378 e. The number of pyridine rings is 1. The van der Waals surface area contributed by atoms with Gasteiger partial charge in [-0.05, 0) is 35.9 Å². The van der Waals surface area contributed by atoms with Crippen molar-refractivity contribution in [3.63, 3.8) is 0 Å². The van der Waals surface area contributed by atoms with Gasteiger partial charge in [-0.3, -0.25) is 4.79 Å². The number of benzene rings is 2. The van der Waals surface area contributed by atoms with Crippen molar-refractivity contribution in [2.75, 3.05) is 19.0 Å². The number of aldehydes is 1. The quantitative estimate of drug-likeness (QED) is 0.531. The normalized spacial score (nSPS) is 11.1. The van der Waals surface area contributed by atoms with E-state index in [-0.39, 0.29) is 0 Å². The van der Waals surface area contributed by atoms with E-state index < -0.39 is 0 Å². The first kappa shape index (κ1) is 15.9. The number of hydrogen-bond donors (Lipinski definition) is 0. The second-order valence-corrected chi connectivity index (χ2v) is 5.91. The molecule has 0 atom stereocenters. The van der Waals surface area contributed by atoms with Crippen LogP contribution in [0.25, 0.3) is 23.1 Å². The molecule has 3 aromatic rings. The lowest BCUT2D eigenvalue weighted by Crippen LogP contribution is -2.38. The third-order valence-electron chi connectivity index (χ3n) is 4.09. The van der Waals surface area contributed by atoms with Gasteiger partial charge in [-0.25, -0.2) is 0 Å². The van der Waals surface area contributed by atoms with Crippen molar-refractivity contribution >= 4 is 35.0 Å². The molecule has 0 amide bonds. The molecule has 0 spiro atoms. The van der Waals surface area contributed by atoms with Gasteiger partial charge in [-0.2, -0.15) is 4.57 Å². The van der Waals surface area contributed by atoms with E-state index in [0.717, 1.165) is 28.4 Å². The third kappa shape index (κ3) is 3.35. The Balaban J connectivity index is 1.96. The molecule has 3 heteroatoms. The van der Waals surface area contributed by atoms with Crippen LogP contribution in [0.5, 0.6) is 0 Å². The Morgan fingerprint density at radius 1 is 0.917 bits per heavy atom. The second kappa shape index (κ2) is 7.09. The molecular formula is C21H21N2O+. The van der Waals surface area contributed by atoms with Gasteiger partial charge in [0.15, 0.2) is 6.29 Å². The summed E-state index contributed by atoms with van der Waals surface area (Å²) in [4.78, 5) is 13.2. The molecule has 0 aliphatic heterocycles. The first-order valence-electron chi connectivity index (χ1n) is 8.00. The topological polar surface area (TPSA) is 24.2 Å². The SMILES string of the molecule is CN(C)c1ccc(/C=C/c2ccc3ccccc3[n+]2CC=O)cc1. The number of aromatic nitrogens is 1. The fraction of sp³-hybridized carbons (Fsp3) is 0.143. The molecule has 1 heterocycles. The van der Waals surface area contributed by atoms with Crippen LogP contribution in [0.1, 0.15) is 11.3 Å². The predicted octanol–water partition coefficient (Wildman–Crippen LogP) is 3.56. The fourth-order valence-corrected chi connectivity index (χ4v) is 2.77. The summed E-state index contributed by atoms with van der Waals surface area (Å²) in [5, 5.41) is 1.13. The standard InChI is InChI=1S/C21H21N2O/c1-22(2)19-11-7-17(8-12-19)9-13-20-14-10-18-5-3-4-6-21(18)23(20)15-16-24/h3-14,16H,15H2,1-2H3/q+1. The van der Waals surface area contributed by atoms with E-state index in [1.165, 1.54) is 5.69 Å².